The zero-order valence-corrected chi connectivity index (χ0v) is 13.9. The summed E-state index contributed by atoms with van der Waals surface area (Å²) in [6.45, 7) is 0.272. The van der Waals surface area contributed by atoms with Gasteiger partial charge in [0.1, 0.15) is 6.04 Å². The lowest BCUT2D eigenvalue weighted by Gasteiger charge is -2.35. The molecule has 0 aromatic heterocycles. The Hall–Kier alpha value is -1.54. The predicted molar refractivity (Wildman–Crippen MR) is 85.0 cm³/mol. The summed E-state index contributed by atoms with van der Waals surface area (Å²) in [5, 5.41) is 2.65. The van der Waals surface area contributed by atoms with Gasteiger partial charge in [0.25, 0.3) is 5.92 Å². The first kappa shape index (κ1) is 17.3. The Kier molecular flexibility index (Phi) is 4.61. The maximum Gasteiger partial charge on any atom is 0.251 e. The van der Waals surface area contributed by atoms with E-state index in [1.165, 1.54) is 0 Å². The number of alkyl halides is 2. The minimum Gasteiger partial charge on any atom is -0.353 e. The maximum absolute atomic E-state index is 13.8. The van der Waals surface area contributed by atoms with Gasteiger partial charge in [0, 0.05) is 25.4 Å². The van der Waals surface area contributed by atoms with Crippen LogP contribution in [0.2, 0.25) is 0 Å². The molecule has 1 saturated heterocycles. The van der Waals surface area contributed by atoms with E-state index in [2.05, 4.69) is 5.32 Å². The summed E-state index contributed by atoms with van der Waals surface area (Å²) in [4.78, 5) is 12.3. The van der Waals surface area contributed by atoms with E-state index in [-0.39, 0.29) is 25.9 Å². The van der Waals surface area contributed by atoms with Crippen molar-refractivity contribution in [3.63, 3.8) is 0 Å². The monoisotopic (exact) mass is 358 g/mol. The Morgan fingerprint density at radius 3 is 2.58 bits per heavy atom. The molecule has 1 saturated carbocycles. The number of halogens is 2. The molecule has 1 heterocycles. The summed E-state index contributed by atoms with van der Waals surface area (Å²) < 4.78 is 54.3. The molecule has 1 aliphatic heterocycles. The van der Waals surface area contributed by atoms with Gasteiger partial charge in [-0.2, -0.15) is 4.31 Å². The highest BCUT2D eigenvalue weighted by atomic mass is 32.2. The van der Waals surface area contributed by atoms with Crippen LogP contribution in [0, 0.1) is 5.92 Å². The maximum atomic E-state index is 13.8. The third kappa shape index (κ3) is 3.30. The second-order valence-electron chi connectivity index (χ2n) is 6.34. The highest BCUT2D eigenvalue weighted by Crippen LogP contribution is 2.42. The molecule has 2 aliphatic rings. The van der Waals surface area contributed by atoms with Gasteiger partial charge < -0.3 is 5.32 Å². The first-order chi connectivity index (χ1) is 11.3. The van der Waals surface area contributed by atoms with Crippen LogP contribution in [0.3, 0.4) is 0 Å². The Bertz CT molecular complexity index is 709. The third-order valence-electron chi connectivity index (χ3n) is 4.71. The Labute approximate surface area is 140 Å². The molecule has 2 unspecified atom stereocenters. The SMILES string of the molecule is O=C1NCCN(S(=O)(=O)CC2CCCC2(F)F)C1c1ccccc1. The number of nitrogens with zero attached hydrogens (tertiary/aromatic N) is 1. The number of nitrogens with one attached hydrogen (secondary N) is 1. The highest BCUT2D eigenvalue weighted by Gasteiger charge is 2.48. The molecule has 0 radical (unpaired) electrons. The molecule has 0 bridgehead atoms. The van der Waals surface area contributed by atoms with Crippen LogP contribution in [-0.4, -0.2) is 43.4 Å². The van der Waals surface area contributed by atoms with Gasteiger partial charge in [-0.15, -0.1) is 0 Å². The molecule has 8 heteroatoms. The van der Waals surface area contributed by atoms with E-state index in [1.807, 2.05) is 0 Å². The summed E-state index contributed by atoms with van der Waals surface area (Å²) in [5.74, 6) is -5.16. The number of piperazine rings is 1. The number of hydrogen-bond donors (Lipinski definition) is 1. The topological polar surface area (TPSA) is 66.5 Å². The Morgan fingerprint density at radius 1 is 1.25 bits per heavy atom. The van der Waals surface area contributed by atoms with Gasteiger partial charge in [-0.3, -0.25) is 4.79 Å². The summed E-state index contributed by atoms with van der Waals surface area (Å²) in [7, 11) is -3.98. The first-order valence-electron chi connectivity index (χ1n) is 8.01. The molecule has 1 N–H and O–H groups in total. The molecule has 24 heavy (non-hydrogen) atoms. The normalized spacial score (nSPS) is 27.8. The van der Waals surface area contributed by atoms with Gasteiger partial charge >= 0.3 is 0 Å². The van der Waals surface area contributed by atoms with E-state index in [9.17, 15) is 22.0 Å². The van der Waals surface area contributed by atoms with Crippen LogP contribution in [0.4, 0.5) is 8.78 Å². The van der Waals surface area contributed by atoms with Crippen molar-refractivity contribution in [3.05, 3.63) is 35.9 Å². The molecule has 2 atom stereocenters. The van der Waals surface area contributed by atoms with Crippen molar-refractivity contribution in [1.29, 1.82) is 0 Å². The molecule has 2 fully saturated rings. The molecule has 132 valence electrons. The fraction of sp³-hybridized carbons (Fsp3) is 0.562. The summed E-state index contributed by atoms with van der Waals surface area (Å²) in [6, 6.07) is 7.53. The fourth-order valence-electron chi connectivity index (χ4n) is 3.45. The van der Waals surface area contributed by atoms with E-state index < -0.39 is 39.6 Å². The lowest BCUT2D eigenvalue weighted by atomic mass is 10.1. The van der Waals surface area contributed by atoms with Gasteiger partial charge in [-0.25, -0.2) is 17.2 Å². The molecular weight excluding hydrogens is 338 g/mol. The number of amides is 1. The number of hydrogen-bond acceptors (Lipinski definition) is 3. The largest absolute Gasteiger partial charge is 0.353 e. The minimum atomic E-state index is -3.98. The van der Waals surface area contributed by atoms with E-state index in [1.54, 1.807) is 30.3 Å². The van der Waals surface area contributed by atoms with Crippen LogP contribution in [0.25, 0.3) is 0 Å². The second kappa shape index (κ2) is 6.40. The Balaban J connectivity index is 1.88. The minimum absolute atomic E-state index is 0.0892. The van der Waals surface area contributed by atoms with Crippen LogP contribution in [0.5, 0.6) is 0 Å². The third-order valence-corrected chi connectivity index (χ3v) is 6.64. The molecule has 5 nitrogen and oxygen atoms in total. The second-order valence-corrected chi connectivity index (χ2v) is 8.31. The summed E-state index contributed by atoms with van der Waals surface area (Å²) in [6.07, 6.45) is 0.258. The van der Waals surface area contributed by atoms with Crippen LogP contribution in [-0.2, 0) is 14.8 Å². The highest BCUT2D eigenvalue weighted by molar-refractivity contribution is 7.89. The van der Waals surface area contributed by atoms with Crippen molar-refractivity contribution in [1.82, 2.24) is 9.62 Å². The van der Waals surface area contributed by atoms with Crippen molar-refractivity contribution >= 4 is 15.9 Å². The average molecular weight is 358 g/mol. The number of carbonyl (C=O) groups is 1. The van der Waals surface area contributed by atoms with Crippen molar-refractivity contribution in [2.45, 2.75) is 31.2 Å². The smallest absolute Gasteiger partial charge is 0.251 e. The van der Waals surface area contributed by atoms with Crippen molar-refractivity contribution in [2.24, 2.45) is 5.92 Å². The van der Waals surface area contributed by atoms with Crippen molar-refractivity contribution < 1.29 is 22.0 Å². The van der Waals surface area contributed by atoms with Gasteiger partial charge in [-0.1, -0.05) is 30.3 Å². The first-order valence-corrected chi connectivity index (χ1v) is 9.62. The fourth-order valence-corrected chi connectivity index (χ4v) is 5.47. The number of carbonyl (C=O) groups excluding carboxylic acids is 1. The molecule has 1 amide bonds. The molecule has 0 spiro atoms. The van der Waals surface area contributed by atoms with Gasteiger partial charge in [0.05, 0.1) is 5.75 Å². The summed E-state index contributed by atoms with van der Waals surface area (Å²) in [5.41, 5.74) is 0.538. The number of sulfonamides is 1. The van der Waals surface area contributed by atoms with Crippen LogP contribution < -0.4 is 5.32 Å². The Morgan fingerprint density at radius 2 is 1.96 bits per heavy atom. The van der Waals surface area contributed by atoms with E-state index in [0.29, 0.717) is 12.0 Å². The van der Waals surface area contributed by atoms with E-state index in [4.69, 9.17) is 0 Å². The molecule has 3 rings (SSSR count). The standard InChI is InChI=1S/C16H20F2N2O3S/c17-16(18)8-4-7-13(16)11-24(22,23)20-10-9-19-15(21)14(20)12-5-2-1-3-6-12/h1-3,5-6,13-14H,4,7-11H2,(H,19,21). The molecule has 1 aromatic carbocycles. The predicted octanol–water partition coefficient (Wildman–Crippen LogP) is 1.92. The van der Waals surface area contributed by atoms with Gasteiger partial charge in [-0.05, 0) is 18.4 Å². The zero-order valence-electron chi connectivity index (χ0n) is 13.1. The quantitative estimate of drug-likeness (QED) is 0.894. The lowest BCUT2D eigenvalue weighted by molar-refractivity contribution is -0.126. The molecule has 1 aromatic rings. The van der Waals surface area contributed by atoms with Gasteiger partial charge in [0.2, 0.25) is 15.9 Å². The molecular formula is C16H20F2N2O3S. The number of rotatable bonds is 4. The summed E-state index contributed by atoms with van der Waals surface area (Å²) >= 11 is 0. The molecule has 1 aliphatic carbocycles. The number of benzene rings is 1. The zero-order chi connectivity index (χ0) is 17.4. The van der Waals surface area contributed by atoms with Crippen molar-refractivity contribution in [3.8, 4) is 0 Å². The van der Waals surface area contributed by atoms with E-state index in [0.717, 1.165) is 4.31 Å². The van der Waals surface area contributed by atoms with Crippen molar-refractivity contribution in [2.75, 3.05) is 18.8 Å². The lowest BCUT2D eigenvalue weighted by Crippen LogP contribution is -2.53. The van der Waals surface area contributed by atoms with Crippen LogP contribution >= 0.6 is 0 Å². The van der Waals surface area contributed by atoms with Crippen LogP contribution in [0.1, 0.15) is 30.9 Å². The van der Waals surface area contributed by atoms with E-state index >= 15 is 0 Å². The average Bonchev–Trinajstić information content (AvgIpc) is 2.86. The van der Waals surface area contributed by atoms with Gasteiger partial charge in [0.15, 0.2) is 0 Å². The van der Waals surface area contributed by atoms with Crippen LogP contribution in [0.15, 0.2) is 30.3 Å².